The van der Waals surface area contributed by atoms with Gasteiger partial charge in [-0.2, -0.15) is 0 Å². The van der Waals surface area contributed by atoms with Gasteiger partial charge in [0.1, 0.15) is 5.84 Å². The molecule has 0 amide bonds. The van der Waals surface area contributed by atoms with Crippen molar-refractivity contribution < 1.29 is 8.95 Å². The van der Waals surface area contributed by atoms with Crippen LogP contribution in [0.15, 0.2) is 46.1 Å². The van der Waals surface area contributed by atoms with E-state index in [2.05, 4.69) is 11.6 Å². The topological polar surface area (TPSA) is 90.7 Å². The number of nitrogens with two attached hydrogens (primary N) is 2. The number of amidine groups is 1. The van der Waals surface area contributed by atoms with Gasteiger partial charge < -0.3 is 16.2 Å². The Bertz CT molecular complexity index is 836. The Kier molecular flexibility index (Phi) is 11.9. The van der Waals surface area contributed by atoms with Crippen molar-refractivity contribution in [2.45, 2.75) is 77.7 Å². The van der Waals surface area contributed by atoms with Crippen molar-refractivity contribution in [2.24, 2.45) is 22.4 Å². The maximum absolute atomic E-state index is 12.3. The number of nitrogens with zero attached hydrogens (tertiary/aromatic N) is 1. The molecule has 0 bridgehead atoms. The number of allylic oxidation sites excluding steroid dienone is 2. The van der Waals surface area contributed by atoms with Crippen LogP contribution >= 0.6 is 11.6 Å². The first-order valence-electron chi connectivity index (χ1n) is 11.2. The predicted molar refractivity (Wildman–Crippen MR) is 134 cm³/mol. The molecule has 1 aliphatic carbocycles. The van der Waals surface area contributed by atoms with E-state index in [-0.39, 0.29) is 12.0 Å². The maximum atomic E-state index is 12.3. The van der Waals surface area contributed by atoms with Gasteiger partial charge in [-0.15, -0.1) is 0 Å². The molecule has 0 radical (unpaired) electrons. The fourth-order valence-corrected chi connectivity index (χ4v) is 5.57. The van der Waals surface area contributed by atoms with E-state index in [4.69, 9.17) is 27.8 Å². The van der Waals surface area contributed by atoms with E-state index >= 15 is 0 Å². The zero-order valence-electron chi connectivity index (χ0n) is 19.5. The summed E-state index contributed by atoms with van der Waals surface area (Å²) in [7, 11) is -1.08. The van der Waals surface area contributed by atoms with Crippen LogP contribution in [0.1, 0.15) is 65.9 Å². The fraction of sp³-hybridized carbons (Fsp3) is 0.542. The zero-order chi connectivity index (χ0) is 23.6. The number of aliphatic imine (C=N–C) groups is 1. The van der Waals surface area contributed by atoms with Gasteiger partial charge in [0.2, 0.25) is 0 Å². The van der Waals surface area contributed by atoms with E-state index in [1.165, 1.54) is 0 Å². The molecule has 4 N–H and O–H groups in total. The van der Waals surface area contributed by atoms with E-state index in [0.29, 0.717) is 21.5 Å². The smallest absolute Gasteiger partial charge is 0.125 e. The normalized spacial score (nSPS) is 23.0. The summed E-state index contributed by atoms with van der Waals surface area (Å²) in [6.45, 7) is 13.7. The molecule has 7 heteroatoms. The van der Waals surface area contributed by atoms with E-state index in [1.807, 2.05) is 40.7 Å². The molecule has 174 valence electrons. The molecule has 1 aliphatic heterocycles. The zero-order valence-corrected chi connectivity index (χ0v) is 21.1. The third-order valence-corrected chi connectivity index (χ3v) is 6.97. The molecule has 1 heterocycles. The summed E-state index contributed by atoms with van der Waals surface area (Å²) < 4.78 is 18.0. The van der Waals surface area contributed by atoms with Crippen molar-refractivity contribution in [3.8, 4) is 0 Å². The standard InChI is InChI=1S/C20H26ClN3O2S.2C2H6/c1-12(2)26-14-6-5-13(10-14)17(22)11-19(23)24-18-8-7-16(21)20-15(18)4-3-9-27(20)25;2*1-2/h7-8,11,13-14H,1,3-6,9-10,22H2,2H3,(H2,23,24);2*1-2H3/b17-11-;;. The highest BCUT2D eigenvalue weighted by Gasteiger charge is 2.28. The molecule has 1 fully saturated rings. The molecule has 1 aromatic rings. The second-order valence-electron chi connectivity index (χ2n) is 7.16. The largest absolute Gasteiger partial charge is 0.496 e. The fourth-order valence-electron chi connectivity index (χ4n) is 3.76. The molecule has 2 aliphatic rings. The lowest BCUT2D eigenvalue weighted by Crippen LogP contribution is -2.17. The molecule has 3 rings (SSSR count). The number of ether oxygens (including phenoxy) is 1. The Morgan fingerprint density at radius 1 is 1.26 bits per heavy atom. The van der Waals surface area contributed by atoms with Gasteiger partial charge in [-0.3, -0.25) is 4.21 Å². The molecule has 3 atom stereocenters. The Morgan fingerprint density at radius 3 is 2.58 bits per heavy atom. The van der Waals surface area contributed by atoms with E-state index in [9.17, 15) is 4.21 Å². The Balaban J connectivity index is 0.00000113. The lowest BCUT2D eigenvalue weighted by Gasteiger charge is -2.18. The number of hydrogen-bond donors (Lipinski definition) is 2. The highest BCUT2D eigenvalue weighted by molar-refractivity contribution is 7.85. The third-order valence-electron chi connectivity index (χ3n) is 4.96. The average molecular weight is 468 g/mol. The van der Waals surface area contributed by atoms with Crippen molar-refractivity contribution in [2.75, 3.05) is 5.75 Å². The van der Waals surface area contributed by atoms with Gasteiger partial charge in [-0.25, -0.2) is 4.99 Å². The summed E-state index contributed by atoms with van der Waals surface area (Å²) in [6.07, 6.45) is 6.33. The quantitative estimate of drug-likeness (QED) is 0.315. The molecule has 0 spiro atoms. The number of halogens is 1. The lowest BCUT2D eigenvalue weighted by molar-refractivity contribution is 0.122. The number of rotatable bonds is 5. The number of hydrogen-bond acceptors (Lipinski definition) is 4. The minimum atomic E-state index is -1.08. The maximum Gasteiger partial charge on any atom is 0.125 e. The molecule has 5 nitrogen and oxygen atoms in total. The van der Waals surface area contributed by atoms with Crippen molar-refractivity contribution >= 4 is 33.9 Å². The van der Waals surface area contributed by atoms with Gasteiger partial charge in [-0.1, -0.05) is 45.9 Å². The number of benzene rings is 1. The summed E-state index contributed by atoms with van der Waals surface area (Å²) >= 11 is 6.24. The highest BCUT2D eigenvalue weighted by atomic mass is 35.5. The second kappa shape index (κ2) is 13.6. The monoisotopic (exact) mass is 467 g/mol. The van der Waals surface area contributed by atoms with Crippen LogP contribution in [-0.2, 0) is 22.0 Å². The van der Waals surface area contributed by atoms with Crippen LogP contribution in [0, 0.1) is 5.92 Å². The van der Waals surface area contributed by atoms with Crippen molar-refractivity contribution in [3.63, 3.8) is 0 Å². The van der Waals surface area contributed by atoms with E-state index in [0.717, 1.165) is 54.8 Å². The van der Waals surface area contributed by atoms with Gasteiger partial charge in [0.05, 0.1) is 38.3 Å². The Labute approximate surface area is 195 Å². The van der Waals surface area contributed by atoms with Crippen LogP contribution in [0.2, 0.25) is 5.02 Å². The molecular formula is C24H38ClN3O2S. The molecular weight excluding hydrogens is 430 g/mol. The van der Waals surface area contributed by atoms with Gasteiger partial charge >= 0.3 is 0 Å². The Hall–Kier alpha value is -1.79. The Morgan fingerprint density at radius 2 is 1.94 bits per heavy atom. The van der Waals surface area contributed by atoms with Gasteiger partial charge in [0, 0.05) is 17.4 Å². The molecule has 1 aromatic carbocycles. The van der Waals surface area contributed by atoms with Crippen LogP contribution in [0.5, 0.6) is 0 Å². The van der Waals surface area contributed by atoms with Crippen LogP contribution in [0.3, 0.4) is 0 Å². The first kappa shape index (κ1) is 27.2. The SMILES string of the molecule is C=C(C)OC1CCC(/C(N)=C/C(N)=Nc2ccc(Cl)c3c2CCCS3=O)C1.CC.CC. The highest BCUT2D eigenvalue weighted by Crippen LogP contribution is 2.36. The van der Waals surface area contributed by atoms with E-state index in [1.54, 1.807) is 12.1 Å². The summed E-state index contributed by atoms with van der Waals surface area (Å²) in [4.78, 5) is 5.22. The second-order valence-corrected chi connectivity index (χ2v) is 9.07. The van der Waals surface area contributed by atoms with Crippen molar-refractivity contribution in [1.29, 1.82) is 0 Å². The molecule has 0 aromatic heterocycles. The molecule has 0 saturated heterocycles. The summed E-state index contributed by atoms with van der Waals surface area (Å²) in [5.74, 6) is 1.94. The third kappa shape index (κ3) is 7.69. The van der Waals surface area contributed by atoms with Crippen LogP contribution in [-0.4, -0.2) is 21.9 Å². The van der Waals surface area contributed by atoms with E-state index < -0.39 is 10.8 Å². The average Bonchev–Trinajstić information content (AvgIpc) is 3.21. The van der Waals surface area contributed by atoms with Crippen molar-refractivity contribution in [1.82, 2.24) is 0 Å². The summed E-state index contributed by atoms with van der Waals surface area (Å²) in [5, 5.41) is 0.533. The minimum absolute atomic E-state index is 0.163. The first-order chi connectivity index (χ1) is 14.8. The lowest BCUT2D eigenvalue weighted by atomic mass is 10.0. The minimum Gasteiger partial charge on any atom is -0.496 e. The molecule has 3 unspecified atom stereocenters. The van der Waals surface area contributed by atoms with Crippen molar-refractivity contribution in [3.05, 3.63) is 46.8 Å². The summed E-state index contributed by atoms with van der Waals surface area (Å²) in [5.41, 5.74) is 14.8. The molecule has 1 saturated carbocycles. The summed E-state index contributed by atoms with van der Waals surface area (Å²) in [6, 6.07) is 3.56. The van der Waals surface area contributed by atoms with Crippen LogP contribution in [0.4, 0.5) is 5.69 Å². The number of fused-ring (bicyclic) bond motifs is 1. The van der Waals surface area contributed by atoms with Crippen LogP contribution < -0.4 is 11.5 Å². The predicted octanol–water partition coefficient (Wildman–Crippen LogP) is 6.00. The van der Waals surface area contributed by atoms with Gasteiger partial charge in [-0.05, 0) is 62.8 Å². The first-order valence-corrected chi connectivity index (χ1v) is 12.9. The van der Waals surface area contributed by atoms with Gasteiger partial charge in [0.15, 0.2) is 0 Å². The van der Waals surface area contributed by atoms with Crippen LogP contribution in [0.25, 0.3) is 0 Å². The van der Waals surface area contributed by atoms with Gasteiger partial charge in [0.25, 0.3) is 0 Å². The molecule has 31 heavy (non-hydrogen) atoms.